The fraction of sp³-hybridized carbons (Fsp3) is 0.643. The molecule has 3 aliphatic rings. The van der Waals surface area contributed by atoms with Gasteiger partial charge in [0, 0.05) is 83.9 Å². The van der Waals surface area contributed by atoms with Crippen LogP contribution in [0.1, 0.15) is 50.7 Å². The molecule has 0 radical (unpaired) electrons. The van der Waals surface area contributed by atoms with Crippen molar-refractivity contribution in [2.45, 2.75) is 51.6 Å². The summed E-state index contributed by atoms with van der Waals surface area (Å²) in [6, 6.07) is 8.08. The van der Waals surface area contributed by atoms with Gasteiger partial charge in [0.15, 0.2) is 5.82 Å². The lowest BCUT2D eigenvalue weighted by molar-refractivity contribution is -0.147. The number of halogens is 3. The molecule has 2 fully saturated rings. The Morgan fingerprint density at radius 2 is 1.61 bits per heavy atom. The molecule has 0 bridgehead atoms. The maximum atomic E-state index is 13.2. The Labute approximate surface area is 238 Å². The quantitative estimate of drug-likeness (QED) is 0.424. The van der Waals surface area contributed by atoms with E-state index >= 15 is 0 Å². The smallest absolute Gasteiger partial charge is 0.453 e. The van der Waals surface area contributed by atoms with Crippen LogP contribution in [0, 0.1) is 0 Å². The van der Waals surface area contributed by atoms with Crippen molar-refractivity contribution in [2.75, 3.05) is 70.4 Å². The Balaban J connectivity index is 1.02. The van der Waals surface area contributed by atoms with E-state index in [1.807, 2.05) is 17.0 Å². The number of carbonyl (C=O) groups is 1. The fourth-order valence-electron chi connectivity index (χ4n) is 5.52. The van der Waals surface area contributed by atoms with Crippen LogP contribution < -0.4 is 9.64 Å². The van der Waals surface area contributed by atoms with E-state index in [9.17, 15) is 18.0 Å². The second kappa shape index (κ2) is 13.1. The molecule has 224 valence electrons. The summed E-state index contributed by atoms with van der Waals surface area (Å²) in [5, 5.41) is 11.2. The number of amidine groups is 1. The van der Waals surface area contributed by atoms with Crippen LogP contribution in [0.25, 0.3) is 0 Å². The molecule has 13 heteroatoms. The molecule has 0 N–H and O–H groups in total. The van der Waals surface area contributed by atoms with Crippen LogP contribution in [0.4, 0.5) is 18.9 Å². The van der Waals surface area contributed by atoms with Gasteiger partial charge in [-0.3, -0.25) is 9.69 Å². The fourth-order valence-corrected chi connectivity index (χ4v) is 5.52. The summed E-state index contributed by atoms with van der Waals surface area (Å²) in [4.78, 5) is 20.9. The van der Waals surface area contributed by atoms with Gasteiger partial charge in [-0.1, -0.05) is 13.3 Å². The zero-order valence-electron chi connectivity index (χ0n) is 23.7. The Kier molecular flexibility index (Phi) is 9.31. The van der Waals surface area contributed by atoms with E-state index in [1.54, 1.807) is 0 Å². The lowest BCUT2D eigenvalue weighted by Gasteiger charge is -2.38. The third-order valence-corrected chi connectivity index (χ3v) is 7.95. The molecule has 0 unspecified atom stereocenters. The maximum Gasteiger partial charge on any atom is 0.453 e. The molecule has 1 amide bonds. The molecule has 2 saturated heterocycles. The van der Waals surface area contributed by atoms with Crippen LogP contribution in [0.5, 0.6) is 5.75 Å². The summed E-state index contributed by atoms with van der Waals surface area (Å²) in [6.45, 7) is 10.0. The van der Waals surface area contributed by atoms with Crippen LogP contribution in [-0.2, 0) is 17.4 Å². The average Bonchev–Trinajstić information content (AvgIpc) is 3.43. The molecule has 4 heterocycles. The highest BCUT2D eigenvalue weighted by atomic mass is 19.4. The van der Waals surface area contributed by atoms with Gasteiger partial charge in [0.1, 0.15) is 11.6 Å². The van der Waals surface area contributed by atoms with Crippen molar-refractivity contribution in [3.63, 3.8) is 0 Å². The van der Waals surface area contributed by atoms with Crippen LogP contribution in [0.2, 0.25) is 0 Å². The maximum absolute atomic E-state index is 13.2. The third kappa shape index (κ3) is 7.30. The zero-order valence-corrected chi connectivity index (χ0v) is 23.7. The van der Waals surface area contributed by atoms with Crippen molar-refractivity contribution >= 4 is 17.4 Å². The lowest BCUT2D eigenvalue weighted by atomic mass is 10.2. The number of carbonyl (C=O) groups excluding carboxylic acids is 1. The summed E-state index contributed by atoms with van der Waals surface area (Å²) < 4.78 is 46.5. The van der Waals surface area contributed by atoms with Crippen molar-refractivity contribution in [1.82, 2.24) is 29.6 Å². The minimum atomic E-state index is -4.59. The van der Waals surface area contributed by atoms with Crippen molar-refractivity contribution in [3.8, 4) is 5.75 Å². The summed E-state index contributed by atoms with van der Waals surface area (Å²) in [7, 11) is 0. The Bertz CT molecular complexity index is 1180. The van der Waals surface area contributed by atoms with Crippen LogP contribution in [0.3, 0.4) is 0 Å². The number of rotatable bonds is 9. The normalized spacial score (nSPS) is 18.3. The van der Waals surface area contributed by atoms with Crippen molar-refractivity contribution in [3.05, 3.63) is 35.9 Å². The number of nitrogens with zero attached hydrogens (tertiary/aromatic N) is 8. The van der Waals surface area contributed by atoms with E-state index in [0.29, 0.717) is 44.8 Å². The number of fused-ring (bicyclic) bond motifs is 1. The average molecular weight is 577 g/mol. The standard InChI is InChI=1S/C28H39F3N8O2/c1-2-3-5-26(40)38-15-13-35(14-16-38)12-4-21-41-23-8-6-22(7-9-23)36-17-19-37(20-18-36)25-11-10-24-32-33-27(28(29,30)31)39(24)34-25/h6-9H,2-5,10-21H2,1H3. The van der Waals surface area contributed by atoms with E-state index in [-0.39, 0.29) is 11.7 Å². The van der Waals surface area contributed by atoms with Crippen LogP contribution >= 0.6 is 0 Å². The highest BCUT2D eigenvalue weighted by molar-refractivity contribution is 5.83. The molecule has 3 aliphatic heterocycles. The first-order valence-corrected chi connectivity index (χ1v) is 14.6. The van der Waals surface area contributed by atoms with E-state index in [4.69, 9.17) is 4.74 Å². The minimum absolute atomic E-state index is 0.246. The highest BCUT2D eigenvalue weighted by Gasteiger charge is 2.40. The predicted molar refractivity (Wildman–Crippen MR) is 149 cm³/mol. The number of unbranched alkanes of at least 4 members (excludes halogenated alkanes) is 1. The van der Waals surface area contributed by atoms with Gasteiger partial charge >= 0.3 is 6.18 Å². The molecular weight excluding hydrogens is 537 g/mol. The second-order valence-corrected chi connectivity index (χ2v) is 10.8. The third-order valence-electron chi connectivity index (χ3n) is 7.95. The molecule has 0 aliphatic carbocycles. The van der Waals surface area contributed by atoms with Gasteiger partial charge in [0.25, 0.3) is 5.82 Å². The largest absolute Gasteiger partial charge is 0.494 e. The molecule has 10 nitrogen and oxygen atoms in total. The first kappa shape index (κ1) is 29.2. The molecular formula is C28H39F3N8O2. The number of amides is 1. The van der Waals surface area contributed by atoms with Gasteiger partial charge in [0.2, 0.25) is 5.91 Å². The molecule has 0 atom stereocenters. The summed E-state index contributed by atoms with van der Waals surface area (Å²) in [5.41, 5.74) is 1.09. The summed E-state index contributed by atoms with van der Waals surface area (Å²) in [6.07, 6.45) is -0.0353. The van der Waals surface area contributed by atoms with Crippen LogP contribution in [0.15, 0.2) is 29.4 Å². The van der Waals surface area contributed by atoms with Gasteiger partial charge in [0.05, 0.1) is 6.61 Å². The monoisotopic (exact) mass is 576 g/mol. The van der Waals surface area contributed by atoms with E-state index in [2.05, 4.69) is 49.1 Å². The number of alkyl halides is 3. The predicted octanol–water partition coefficient (Wildman–Crippen LogP) is 3.33. The Morgan fingerprint density at radius 3 is 2.29 bits per heavy atom. The number of aromatic nitrogens is 3. The lowest BCUT2D eigenvalue weighted by Crippen LogP contribution is -2.49. The molecule has 1 aromatic carbocycles. The second-order valence-electron chi connectivity index (χ2n) is 10.8. The van der Waals surface area contributed by atoms with Crippen molar-refractivity contribution in [2.24, 2.45) is 5.10 Å². The summed E-state index contributed by atoms with van der Waals surface area (Å²) in [5.74, 6) is 0.942. The SMILES string of the molecule is CCCCC(=O)N1CCN(CCCOc2ccc(N3CCN(C4=Nn5c(nnc5C(F)(F)F)CC4)CC3)cc2)CC1. The Morgan fingerprint density at radius 1 is 0.902 bits per heavy atom. The Hall–Kier alpha value is -3.35. The van der Waals surface area contributed by atoms with Gasteiger partial charge in [-0.05, 0) is 37.1 Å². The van der Waals surface area contributed by atoms with E-state index in [1.165, 1.54) is 0 Å². The van der Waals surface area contributed by atoms with Gasteiger partial charge in [-0.25, -0.2) is 0 Å². The number of hydrogen-bond donors (Lipinski definition) is 0. The van der Waals surface area contributed by atoms with E-state index < -0.39 is 12.0 Å². The molecule has 5 rings (SSSR count). The number of benzene rings is 1. The topological polar surface area (TPSA) is 82.3 Å². The van der Waals surface area contributed by atoms with Gasteiger partial charge in [-0.2, -0.15) is 22.9 Å². The van der Waals surface area contributed by atoms with Gasteiger partial charge in [-0.15, -0.1) is 10.2 Å². The summed E-state index contributed by atoms with van der Waals surface area (Å²) >= 11 is 0. The molecule has 2 aromatic rings. The first-order chi connectivity index (χ1) is 19.8. The van der Waals surface area contributed by atoms with Crippen molar-refractivity contribution in [1.29, 1.82) is 0 Å². The number of piperazine rings is 2. The number of ether oxygens (including phenoxy) is 1. The van der Waals surface area contributed by atoms with Gasteiger partial charge < -0.3 is 19.4 Å². The van der Waals surface area contributed by atoms with Crippen molar-refractivity contribution < 1.29 is 22.7 Å². The van der Waals surface area contributed by atoms with E-state index in [0.717, 1.165) is 81.2 Å². The minimum Gasteiger partial charge on any atom is -0.494 e. The molecule has 41 heavy (non-hydrogen) atoms. The molecule has 1 aromatic heterocycles. The first-order valence-electron chi connectivity index (χ1n) is 14.6. The highest BCUT2D eigenvalue weighted by Crippen LogP contribution is 2.30. The molecule has 0 saturated carbocycles. The number of anilines is 1. The number of hydrogen-bond acceptors (Lipinski definition) is 8. The number of aryl methyl sites for hydroxylation is 1. The van der Waals surface area contributed by atoms with Crippen LogP contribution in [-0.4, -0.2) is 107 Å². The zero-order chi connectivity index (χ0) is 28.8. The molecule has 0 spiro atoms.